The Morgan fingerprint density at radius 3 is 2.47 bits per heavy atom. The highest BCUT2D eigenvalue weighted by Gasteiger charge is 2.20. The third-order valence-electron chi connectivity index (χ3n) is 5.20. The summed E-state index contributed by atoms with van der Waals surface area (Å²) in [5.74, 6) is 1.43. The fourth-order valence-electron chi connectivity index (χ4n) is 3.77. The van der Waals surface area contributed by atoms with E-state index in [1.54, 1.807) is 6.33 Å². The van der Waals surface area contributed by atoms with E-state index < -0.39 is 0 Å². The summed E-state index contributed by atoms with van der Waals surface area (Å²) in [4.78, 5) is 16.9. The molecule has 164 valence electrons. The van der Waals surface area contributed by atoms with Crippen LogP contribution >= 0.6 is 49.6 Å². The predicted molar refractivity (Wildman–Crippen MR) is 131 cm³/mol. The molecule has 5 rings (SSSR count). The van der Waals surface area contributed by atoms with Crippen molar-refractivity contribution in [2.24, 2.45) is 5.73 Å². The Labute approximate surface area is 199 Å². The number of rotatable bonds is 3. The first-order chi connectivity index (χ1) is 12.8. The third kappa shape index (κ3) is 4.92. The molecular weight excluding hydrogens is 468 g/mol. The number of nitrogens with one attached hydrogen (secondary N) is 2. The lowest BCUT2D eigenvalue weighted by atomic mass is 9.92. The molecule has 3 aromatic heterocycles. The standard InChI is InChI=1S/C19H21N7.4ClH/c20-13-5-7-14(8-6-13)23-19-24-17-16(21-11-22-17)18(25-19)26-10-9-12-3-1-2-4-15(12)26;;;;/h1-4,9-11,13-14H,5-8,20H2,(H2,21,22,23,24,25);4*1H. The van der Waals surface area contributed by atoms with Gasteiger partial charge in [0, 0.05) is 18.3 Å². The first-order valence-electron chi connectivity index (χ1n) is 9.07. The fourth-order valence-corrected chi connectivity index (χ4v) is 3.77. The molecule has 1 fully saturated rings. The Kier molecular flexibility index (Phi) is 9.65. The number of aromatic amines is 1. The normalized spacial score (nSPS) is 17.9. The molecule has 4 N–H and O–H groups in total. The maximum Gasteiger partial charge on any atom is 0.227 e. The van der Waals surface area contributed by atoms with Crippen LogP contribution in [0.2, 0.25) is 0 Å². The summed E-state index contributed by atoms with van der Waals surface area (Å²) >= 11 is 0. The van der Waals surface area contributed by atoms with Gasteiger partial charge in [-0.05, 0) is 43.2 Å². The van der Waals surface area contributed by atoms with E-state index in [4.69, 9.17) is 10.7 Å². The third-order valence-corrected chi connectivity index (χ3v) is 5.20. The van der Waals surface area contributed by atoms with Crippen LogP contribution in [0.3, 0.4) is 0 Å². The minimum absolute atomic E-state index is 0. The smallest absolute Gasteiger partial charge is 0.227 e. The Bertz CT molecular complexity index is 1070. The second-order valence-corrected chi connectivity index (χ2v) is 6.97. The van der Waals surface area contributed by atoms with Crippen molar-refractivity contribution in [1.82, 2.24) is 24.5 Å². The van der Waals surface area contributed by atoms with E-state index in [-0.39, 0.29) is 49.6 Å². The molecule has 0 bridgehead atoms. The van der Waals surface area contributed by atoms with Crippen molar-refractivity contribution in [2.45, 2.75) is 37.8 Å². The zero-order valence-electron chi connectivity index (χ0n) is 16.0. The summed E-state index contributed by atoms with van der Waals surface area (Å²) in [5.41, 5.74) is 8.63. The first kappa shape index (κ1) is 26.3. The van der Waals surface area contributed by atoms with E-state index in [9.17, 15) is 0 Å². The second kappa shape index (κ2) is 11.0. The largest absolute Gasteiger partial charge is 0.351 e. The Balaban J connectivity index is 0.00000112. The van der Waals surface area contributed by atoms with Crippen molar-refractivity contribution in [3.8, 4) is 5.82 Å². The average Bonchev–Trinajstić information content (AvgIpc) is 3.30. The van der Waals surface area contributed by atoms with Crippen LogP contribution < -0.4 is 11.1 Å². The molecule has 0 saturated heterocycles. The summed E-state index contributed by atoms with van der Waals surface area (Å²) in [6.07, 6.45) is 7.87. The molecular formula is C19H25Cl4N7. The van der Waals surface area contributed by atoms with Crippen LogP contribution in [-0.4, -0.2) is 36.6 Å². The van der Waals surface area contributed by atoms with E-state index in [1.807, 2.05) is 18.3 Å². The number of imidazole rings is 1. The summed E-state index contributed by atoms with van der Waals surface area (Å²) < 4.78 is 2.08. The van der Waals surface area contributed by atoms with E-state index in [1.165, 1.54) is 5.39 Å². The van der Waals surface area contributed by atoms with Crippen molar-refractivity contribution < 1.29 is 0 Å². The average molecular weight is 493 g/mol. The summed E-state index contributed by atoms with van der Waals surface area (Å²) in [6, 6.07) is 11.0. The van der Waals surface area contributed by atoms with Crippen LogP contribution in [0.1, 0.15) is 25.7 Å². The van der Waals surface area contributed by atoms with Gasteiger partial charge in [-0.15, -0.1) is 49.6 Å². The van der Waals surface area contributed by atoms with Crippen LogP contribution in [0.5, 0.6) is 0 Å². The lowest BCUT2D eigenvalue weighted by molar-refractivity contribution is 0.410. The van der Waals surface area contributed by atoms with E-state index in [0.717, 1.165) is 42.5 Å². The highest BCUT2D eigenvalue weighted by atomic mass is 35.5. The number of halogens is 4. The number of anilines is 1. The van der Waals surface area contributed by atoms with Gasteiger partial charge in [0.15, 0.2) is 11.5 Å². The molecule has 0 atom stereocenters. The zero-order chi connectivity index (χ0) is 17.5. The molecule has 1 aliphatic carbocycles. The molecule has 0 spiro atoms. The number of hydrogen-bond acceptors (Lipinski definition) is 5. The van der Waals surface area contributed by atoms with Crippen molar-refractivity contribution >= 4 is 77.6 Å². The lowest BCUT2D eigenvalue weighted by Gasteiger charge is -2.26. The van der Waals surface area contributed by atoms with Crippen molar-refractivity contribution in [1.29, 1.82) is 0 Å². The van der Waals surface area contributed by atoms with Crippen LogP contribution in [0, 0.1) is 0 Å². The van der Waals surface area contributed by atoms with Gasteiger partial charge in [-0.3, -0.25) is 4.57 Å². The van der Waals surface area contributed by atoms with E-state index >= 15 is 0 Å². The molecule has 3 heterocycles. The van der Waals surface area contributed by atoms with Gasteiger partial charge in [0.05, 0.1) is 11.8 Å². The Morgan fingerprint density at radius 1 is 0.967 bits per heavy atom. The van der Waals surface area contributed by atoms with Gasteiger partial charge in [-0.25, -0.2) is 4.98 Å². The number of para-hydroxylation sites is 1. The molecule has 11 heteroatoms. The van der Waals surface area contributed by atoms with Gasteiger partial charge in [0.1, 0.15) is 5.52 Å². The summed E-state index contributed by atoms with van der Waals surface area (Å²) in [5, 5.41) is 4.66. The molecule has 0 unspecified atom stereocenters. The molecule has 1 aromatic carbocycles. The van der Waals surface area contributed by atoms with Gasteiger partial charge in [0.2, 0.25) is 5.95 Å². The maximum absolute atomic E-state index is 6.02. The molecule has 1 saturated carbocycles. The van der Waals surface area contributed by atoms with Gasteiger partial charge >= 0.3 is 0 Å². The number of nitrogens with two attached hydrogens (primary N) is 1. The first-order valence-corrected chi connectivity index (χ1v) is 9.07. The molecule has 1 aliphatic rings. The second-order valence-electron chi connectivity index (χ2n) is 6.97. The van der Waals surface area contributed by atoms with Gasteiger partial charge < -0.3 is 16.0 Å². The summed E-state index contributed by atoms with van der Waals surface area (Å²) in [6.45, 7) is 0. The van der Waals surface area contributed by atoms with Crippen molar-refractivity contribution in [2.75, 3.05) is 5.32 Å². The molecule has 0 amide bonds. The van der Waals surface area contributed by atoms with Crippen LogP contribution in [0.25, 0.3) is 27.9 Å². The number of hydrogen-bond donors (Lipinski definition) is 3. The van der Waals surface area contributed by atoms with Crippen molar-refractivity contribution in [3.05, 3.63) is 42.9 Å². The Hall–Kier alpha value is -1.77. The number of aromatic nitrogens is 5. The Morgan fingerprint density at radius 2 is 1.70 bits per heavy atom. The summed E-state index contributed by atoms with van der Waals surface area (Å²) in [7, 11) is 0. The number of nitrogens with zero attached hydrogens (tertiary/aromatic N) is 4. The minimum atomic E-state index is 0. The molecule has 0 aliphatic heterocycles. The fraction of sp³-hybridized carbons (Fsp3) is 0.316. The minimum Gasteiger partial charge on any atom is -0.351 e. The quantitative estimate of drug-likeness (QED) is 0.386. The topological polar surface area (TPSA) is 97.4 Å². The SMILES string of the molecule is Cl.Cl.Cl.Cl.NC1CCC(Nc2nc(-n3ccc4ccccc43)c3[nH]cnc3n2)CC1. The van der Waals surface area contributed by atoms with Gasteiger partial charge in [-0.2, -0.15) is 9.97 Å². The molecule has 7 nitrogen and oxygen atoms in total. The highest BCUT2D eigenvalue weighted by Crippen LogP contribution is 2.25. The number of fused-ring (bicyclic) bond motifs is 2. The maximum atomic E-state index is 6.02. The van der Waals surface area contributed by atoms with E-state index in [2.05, 4.69) is 43.0 Å². The van der Waals surface area contributed by atoms with Crippen LogP contribution in [0.15, 0.2) is 42.9 Å². The zero-order valence-corrected chi connectivity index (χ0v) is 19.3. The highest BCUT2D eigenvalue weighted by molar-refractivity contribution is 5.87. The lowest BCUT2D eigenvalue weighted by Crippen LogP contribution is -2.33. The van der Waals surface area contributed by atoms with Gasteiger partial charge in [0.25, 0.3) is 0 Å². The molecule has 4 aromatic rings. The molecule has 0 radical (unpaired) electrons. The van der Waals surface area contributed by atoms with Crippen molar-refractivity contribution in [3.63, 3.8) is 0 Å². The number of H-pyrrole nitrogens is 1. The van der Waals surface area contributed by atoms with Crippen LogP contribution in [0.4, 0.5) is 5.95 Å². The monoisotopic (exact) mass is 491 g/mol. The molecule has 30 heavy (non-hydrogen) atoms. The van der Waals surface area contributed by atoms with E-state index in [0.29, 0.717) is 23.7 Å². The number of benzene rings is 1. The van der Waals surface area contributed by atoms with Crippen LogP contribution in [-0.2, 0) is 0 Å². The van der Waals surface area contributed by atoms with Gasteiger partial charge in [-0.1, -0.05) is 18.2 Å². The predicted octanol–water partition coefficient (Wildman–Crippen LogP) is 4.67.